The number of carbonyl (C=O) groups excluding carboxylic acids is 2. The maximum absolute atomic E-state index is 12.3. The molecular formula is C22H19N5O3. The molecule has 1 amide bonds. The number of rotatable bonds is 6. The first kappa shape index (κ1) is 19.3. The van der Waals surface area contributed by atoms with Gasteiger partial charge in [0.1, 0.15) is 0 Å². The molecule has 0 spiro atoms. The van der Waals surface area contributed by atoms with Crippen molar-refractivity contribution < 1.29 is 14.3 Å². The summed E-state index contributed by atoms with van der Waals surface area (Å²) in [4.78, 5) is 32.6. The summed E-state index contributed by atoms with van der Waals surface area (Å²) in [6.45, 7) is 1.37. The Kier molecular flexibility index (Phi) is 5.47. The van der Waals surface area contributed by atoms with Crippen molar-refractivity contribution in [2.45, 2.75) is 13.3 Å². The highest BCUT2D eigenvalue weighted by atomic mass is 16.5. The summed E-state index contributed by atoms with van der Waals surface area (Å²) in [5.74, 6) is -1.08. The van der Waals surface area contributed by atoms with Crippen LogP contribution < -0.4 is 5.32 Å². The fourth-order valence-electron chi connectivity index (χ4n) is 2.99. The summed E-state index contributed by atoms with van der Waals surface area (Å²) in [7, 11) is 0. The lowest BCUT2D eigenvalue weighted by Crippen LogP contribution is -2.22. The quantitative estimate of drug-likeness (QED) is 0.499. The van der Waals surface area contributed by atoms with Gasteiger partial charge in [-0.3, -0.25) is 4.79 Å². The van der Waals surface area contributed by atoms with Gasteiger partial charge in [0.2, 0.25) is 0 Å². The van der Waals surface area contributed by atoms with E-state index in [1.54, 1.807) is 12.3 Å². The van der Waals surface area contributed by atoms with Gasteiger partial charge >= 0.3 is 5.97 Å². The van der Waals surface area contributed by atoms with Gasteiger partial charge in [-0.2, -0.15) is 4.98 Å². The second-order valence-corrected chi connectivity index (χ2v) is 6.68. The van der Waals surface area contributed by atoms with Crippen LogP contribution in [0.3, 0.4) is 0 Å². The molecule has 2 heterocycles. The van der Waals surface area contributed by atoms with Crippen LogP contribution in [0.4, 0.5) is 5.69 Å². The van der Waals surface area contributed by atoms with E-state index in [1.807, 2.05) is 61.5 Å². The summed E-state index contributed by atoms with van der Waals surface area (Å²) >= 11 is 0. The summed E-state index contributed by atoms with van der Waals surface area (Å²) in [6.07, 6.45) is 2.25. The third-order valence-electron chi connectivity index (χ3n) is 4.48. The molecule has 0 unspecified atom stereocenters. The second-order valence-electron chi connectivity index (χ2n) is 6.68. The van der Waals surface area contributed by atoms with Gasteiger partial charge in [0.25, 0.3) is 17.5 Å². The molecule has 2 aromatic carbocycles. The molecule has 150 valence electrons. The standard InChI is InChI=1S/C22H19N5O3/c1-15-11-12-23-22-25-20(26-27(15)22)21(29)30-14-19(28)24-18-10-6-5-9-17(18)13-16-7-3-2-4-8-16/h2-12H,13-14H2,1H3,(H,24,28). The van der Waals surface area contributed by atoms with Crippen LogP contribution in [0.25, 0.3) is 5.78 Å². The minimum atomic E-state index is -0.785. The van der Waals surface area contributed by atoms with E-state index < -0.39 is 18.5 Å². The SMILES string of the molecule is Cc1ccnc2nc(C(=O)OCC(=O)Nc3ccccc3Cc3ccccc3)nn12. The lowest BCUT2D eigenvalue weighted by atomic mass is 10.0. The van der Waals surface area contributed by atoms with E-state index in [4.69, 9.17) is 4.74 Å². The fraction of sp³-hybridized carbons (Fsp3) is 0.136. The number of anilines is 1. The zero-order chi connectivity index (χ0) is 20.9. The molecule has 0 bridgehead atoms. The van der Waals surface area contributed by atoms with Crippen molar-refractivity contribution in [3.63, 3.8) is 0 Å². The number of hydrogen-bond donors (Lipinski definition) is 1. The molecule has 8 heteroatoms. The Balaban J connectivity index is 1.39. The van der Waals surface area contributed by atoms with E-state index in [0.29, 0.717) is 17.9 Å². The summed E-state index contributed by atoms with van der Waals surface area (Å²) in [6, 6.07) is 19.2. The molecule has 0 saturated carbocycles. The second kappa shape index (κ2) is 8.52. The van der Waals surface area contributed by atoms with Crippen LogP contribution in [-0.2, 0) is 16.0 Å². The minimum Gasteiger partial charge on any atom is -0.450 e. The van der Waals surface area contributed by atoms with Crippen molar-refractivity contribution in [1.82, 2.24) is 19.6 Å². The predicted molar refractivity (Wildman–Crippen MR) is 110 cm³/mol. The first-order valence-electron chi connectivity index (χ1n) is 9.37. The number of amides is 1. The van der Waals surface area contributed by atoms with E-state index >= 15 is 0 Å². The topological polar surface area (TPSA) is 98.5 Å². The monoisotopic (exact) mass is 401 g/mol. The number of aromatic nitrogens is 4. The predicted octanol–water partition coefficient (Wildman–Crippen LogP) is 2.82. The summed E-state index contributed by atoms with van der Waals surface area (Å²) in [5.41, 5.74) is 3.55. The average molecular weight is 401 g/mol. The molecule has 0 atom stereocenters. The number of benzene rings is 2. The molecule has 8 nitrogen and oxygen atoms in total. The molecule has 4 aromatic rings. The van der Waals surface area contributed by atoms with E-state index in [1.165, 1.54) is 4.52 Å². The van der Waals surface area contributed by atoms with E-state index in [2.05, 4.69) is 20.4 Å². The van der Waals surface area contributed by atoms with Gasteiger partial charge < -0.3 is 10.1 Å². The number of ether oxygens (including phenoxy) is 1. The van der Waals surface area contributed by atoms with E-state index in [0.717, 1.165) is 16.8 Å². The molecule has 4 rings (SSSR count). The number of nitrogens with zero attached hydrogens (tertiary/aromatic N) is 4. The largest absolute Gasteiger partial charge is 0.450 e. The number of hydrogen-bond acceptors (Lipinski definition) is 6. The van der Waals surface area contributed by atoms with Crippen molar-refractivity contribution in [2.75, 3.05) is 11.9 Å². The molecule has 2 aromatic heterocycles. The van der Waals surface area contributed by atoms with E-state index in [9.17, 15) is 9.59 Å². The maximum Gasteiger partial charge on any atom is 0.378 e. The lowest BCUT2D eigenvalue weighted by Gasteiger charge is -2.11. The Labute approximate surface area is 172 Å². The number of esters is 1. The van der Waals surface area contributed by atoms with Gasteiger partial charge in [0, 0.05) is 17.6 Å². The molecule has 1 N–H and O–H groups in total. The smallest absolute Gasteiger partial charge is 0.378 e. The summed E-state index contributed by atoms with van der Waals surface area (Å²) < 4.78 is 6.51. The van der Waals surface area contributed by atoms with Crippen molar-refractivity contribution in [3.05, 3.63) is 89.5 Å². The van der Waals surface area contributed by atoms with Crippen molar-refractivity contribution in [3.8, 4) is 0 Å². The zero-order valence-electron chi connectivity index (χ0n) is 16.3. The highest BCUT2D eigenvalue weighted by molar-refractivity contribution is 5.95. The number of aryl methyl sites for hydroxylation is 1. The Bertz CT molecular complexity index is 1200. The van der Waals surface area contributed by atoms with Gasteiger partial charge in [-0.05, 0) is 36.6 Å². The van der Waals surface area contributed by atoms with Crippen LogP contribution in [0.15, 0.2) is 66.9 Å². The Morgan fingerprint density at radius 3 is 2.60 bits per heavy atom. The first-order chi connectivity index (χ1) is 14.6. The van der Waals surface area contributed by atoms with Crippen molar-refractivity contribution in [1.29, 1.82) is 0 Å². The highest BCUT2D eigenvalue weighted by Crippen LogP contribution is 2.19. The van der Waals surface area contributed by atoms with Crippen LogP contribution in [0.2, 0.25) is 0 Å². The van der Waals surface area contributed by atoms with Gasteiger partial charge in [-0.1, -0.05) is 48.5 Å². The van der Waals surface area contributed by atoms with Gasteiger partial charge in [0.05, 0.1) is 0 Å². The molecule has 0 aliphatic heterocycles. The van der Waals surface area contributed by atoms with E-state index in [-0.39, 0.29) is 5.82 Å². The van der Waals surface area contributed by atoms with Crippen LogP contribution in [0, 0.1) is 6.92 Å². The maximum atomic E-state index is 12.3. The van der Waals surface area contributed by atoms with Gasteiger partial charge in [-0.15, -0.1) is 5.10 Å². The van der Waals surface area contributed by atoms with Crippen molar-refractivity contribution >= 4 is 23.3 Å². The number of para-hydroxylation sites is 1. The number of carbonyl (C=O) groups is 2. The molecule has 0 aliphatic rings. The number of fused-ring (bicyclic) bond motifs is 1. The number of nitrogens with one attached hydrogen (secondary N) is 1. The average Bonchev–Trinajstić information content (AvgIpc) is 3.20. The lowest BCUT2D eigenvalue weighted by molar-refractivity contribution is -0.119. The molecule has 30 heavy (non-hydrogen) atoms. The Morgan fingerprint density at radius 1 is 1.03 bits per heavy atom. The third kappa shape index (κ3) is 4.33. The van der Waals surface area contributed by atoms with Gasteiger partial charge in [0.15, 0.2) is 6.61 Å². The van der Waals surface area contributed by atoms with Crippen molar-refractivity contribution in [2.24, 2.45) is 0 Å². The Hall–Kier alpha value is -4.07. The molecule has 0 aliphatic carbocycles. The van der Waals surface area contributed by atoms with Gasteiger partial charge in [-0.25, -0.2) is 14.3 Å². The molecule has 0 radical (unpaired) electrons. The van der Waals surface area contributed by atoms with Crippen LogP contribution in [-0.4, -0.2) is 38.1 Å². The first-order valence-corrected chi connectivity index (χ1v) is 9.37. The van der Waals surface area contributed by atoms with Crippen LogP contribution in [0.5, 0.6) is 0 Å². The molecule has 0 saturated heterocycles. The normalized spacial score (nSPS) is 10.7. The Morgan fingerprint density at radius 2 is 1.80 bits per heavy atom. The fourth-order valence-corrected chi connectivity index (χ4v) is 2.99. The summed E-state index contributed by atoms with van der Waals surface area (Å²) in [5, 5.41) is 6.87. The zero-order valence-corrected chi connectivity index (χ0v) is 16.3. The minimum absolute atomic E-state index is 0.144. The van der Waals surface area contributed by atoms with Crippen LogP contribution >= 0.6 is 0 Å². The highest BCUT2D eigenvalue weighted by Gasteiger charge is 2.17. The molecule has 0 fully saturated rings. The third-order valence-corrected chi connectivity index (χ3v) is 4.48. The van der Waals surface area contributed by atoms with Crippen LogP contribution in [0.1, 0.15) is 27.4 Å². The molecular weight excluding hydrogens is 382 g/mol.